The Morgan fingerprint density at radius 2 is 1.85 bits per heavy atom. The van der Waals surface area contributed by atoms with Crippen molar-refractivity contribution in [2.24, 2.45) is 5.92 Å². The molecule has 1 amide bonds. The van der Waals surface area contributed by atoms with E-state index in [9.17, 15) is 14.7 Å². The fraction of sp³-hybridized carbons (Fsp3) is 0.467. The molecule has 1 fully saturated rings. The molecule has 1 aliphatic carbocycles. The van der Waals surface area contributed by atoms with Gasteiger partial charge in [0, 0.05) is 11.1 Å². The summed E-state index contributed by atoms with van der Waals surface area (Å²) in [5, 5.41) is 12.7. The molecule has 1 saturated carbocycles. The summed E-state index contributed by atoms with van der Waals surface area (Å²) in [6.45, 7) is 0. The van der Waals surface area contributed by atoms with E-state index in [-0.39, 0.29) is 18.4 Å². The number of carbonyl (C=O) groups excluding carboxylic acids is 1. The zero-order valence-corrected chi connectivity index (χ0v) is 11.9. The van der Waals surface area contributed by atoms with Gasteiger partial charge in [-0.3, -0.25) is 9.59 Å². The number of carboxylic acids is 1. The van der Waals surface area contributed by atoms with E-state index >= 15 is 0 Å². The molecule has 0 saturated heterocycles. The number of aliphatic carboxylic acids is 1. The van der Waals surface area contributed by atoms with E-state index in [4.69, 9.17) is 11.6 Å². The first-order valence-electron chi connectivity index (χ1n) is 6.83. The van der Waals surface area contributed by atoms with Gasteiger partial charge in [-0.2, -0.15) is 0 Å². The van der Waals surface area contributed by atoms with Gasteiger partial charge in [-0.15, -0.1) is 0 Å². The molecule has 1 aromatic rings. The van der Waals surface area contributed by atoms with Crippen LogP contribution in [0.25, 0.3) is 0 Å². The maximum absolute atomic E-state index is 12.0. The van der Waals surface area contributed by atoms with E-state index in [0.717, 1.165) is 24.8 Å². The molecule has 2 atom stereocenters. The lowest BCUT2D eigenvalue weighted by molar-refractivity contribution is -0.144. The first-order chi connectivity index (χ1) is 9.56. The Bertz CT molecular complexity index is 486. The van der Waals surface area contributed by atoms with Crippen molar-refractivity contribution in [2.45, 2.75) is 38.1 Å². The zero-order chi connectivity index (χ0) is 14.5. The number of carbonyl (C=O) groups is 2. The van der Waals surface area contributed by atoms with Gasteiger partial charge in [-0.1, -0.05) is 36.6 Å². The van der Waals surface area contributed by atoms with E-state index in [0.29, 0.717) is 11.4 Å². The van der Waals surface area contributed by atoms with Gasteiger partial charge in [0.15, 0.2) is 0 Å². The number of halogens is 1. The van der Waals surface area contributed by atoms with Crippen LogP contribution in [0, 0.1) is 5.92 Å². The van der Waals surface area contributed by atoms with Crippen molar-refractivity contribution in [3.8, 4) is 0 Å². The molecule has 20 heavy (non-hydrogen) atoms. The number of rotatable bonds is 4. The third-order valence-corrected chi connectivity index (χ3v) is 3.96. The minimum absolute atomic E-state index is 0.134. The summed E-state index contributed by atoms with van der Waals surface area (Å²) in [6.07, 6.45) is 3.51. The molecule has 0 spiro atoms. The highest BCUT2D eigenvalue weighted by Crippen LogP contribution is 2.24. The molecule has 1 aliphatic rings. The lowest BCUT2D eigenvalue weighted by Crippen LogP contribution is -2.45. The van der Waals surface area contributed by atoms with Crippen LogP contribution in [0.3, 0.4) is 0 Å². The highest BCUT2D eigenvalue weighted by molar-refractivity contribution is 6.30. The van der Waals surface area contributed by atoms with E-state index in [1.807, 2.05) is 0 Å². The van der Waals surface area contributed by atoms with E-state index in [2.05, 4.69) is 5.32 Å². The molecule has 2 N–H and O–H groups in total. The predicted molar refractivity (Wildman–Crippen MR) is 76.7 cm³/mol. The summed E-state index contributed by atoms with van der Waals surface area (Å²) < 4.78 is 0. The normalized spacial score (nSPS) is 22.2. The monoisotopic (exact) mass is 295 g/mol. The number of hydrogen-bond acceptors (Lipinski definition) is 2. The number of carboxylic acid groups (broad SMARTS) is 1. The summed E-state index contributed by atoms with van der Waals surface area (Å²) in [7, 11) is 0. The second-order valence-electron chi connectivity index (χ2n) is 5.21. The molecule has 2 unspecified atom stereocenters. The van der Waals surface area contributed by atoms with Gasteiger partial charge < -0.3 is 10.4 Å². The molecule has 0 bridgehead atoms. The lowest BCUT2D eigenvalue weighted by Gasteiger charge is -2.29. The molecule has 0 aliphatic heterocycles. The minimum Gasteiger partial charge on any atom is -0.481 e. The molecule has 4 nitrogen and oxygen atoms in total. The van der Waals surface area contributed by atoms with E-state index in [1.165, 1.54) is 0 Å². The fourth-order valence-corrected chi connectivity index (χ4v) is 2.77. The van der Waals surface area contributed by atoms with Crippen LogP contribution in [0.4, 0.5) is 0 Å². The van der Waals surface area contributed by atoms with Crippen LogP contribution >= 0.6 is 11.6 Å². The number of hydrogen-bond donors (Lipinski definition) is 2. The molecule has 0 radical (unpaired) electrons. The van der Waals surface area contributed by atoms with Crippen LogP contribution in [0.5, 0.6) is 0 Å². The highest BCUT2D eigenvalue weighted by Gasteiger charge is 2.31. The van der Waals surface area contributed by atoms with Gasteiger partial charge in [-0.25, -0.2) is 0 Å². The molecular weight excluding hydrogens is 278 g/mol. The Kier molecular flexibility index (Phi) is 5.01. The molecule has 1 aromatic carbocycles. The minimum atomic E-state index is -0.818. The maximum Gasteiger partial charge on any atom is 0.308 e. The average Bonchev–Trinajstić information content (AvgIpc) is 2.41. The molecule has 2 rings (SSSR count). The smallest absolute Gasteiger partial charge is 0.308 e. The van der Waals surface area contributed by atoms with Crippen molar-refractivity contribution in [1.82, 2.24) is 5.32 Å². The molecular formula is C15H18ClNO3. The fourth-order valence-electron chi connectivity index (χ4n) is 2.64. The van der Waals surface area contributed by atoms with Gasteiger partial charge >= 0.3 is 5.97 Å². The Morgan fingerprint density at radius 3 is 2.50 bits per heavy atom. The summed E-state index contributed by atoms with van der Waals surface area (Å²) in [5.41, 5.74) is 0.870. The third kappa shape index (κ3) is 3.97. The van der Waals surface area contributed by atoms with Crippen molar-refractivity contribution in [3.05, 3.63) is 34.9 Å². The zero-order valence-electron chi connectivity index (χ0n) is 11.1. The summed E-state index contributed by atoms with van der Waals surface area (Å²) >= 11 is 5.79. The Morgan fingerprint density at radius 1 is 1.20 bits per heavy atom. The van der Waals surface area contributed by atoms with Gasteiger partial charge in [0.05, 0.1) is 12.3 Å². The van der Waals surface area contributed by atoms with Gasteiger partial charge in [-0.05, 0) is 30.5 Å². The van der Waals surface area contributed by atoms with Crippen LogP contribution in [0.2, 0.25) is 5.02 Å². The van der Waals surface area contributed by atoms with E-state index in [1.54, 1.807) is 24.3 Å². The first kappa shape index (κ1) is 14.9. The average molecular weight is 296 g/mol. The second kappa shape index (κ2) is 6.75. The van der Waals surface area contributed by atoms with Crippen LogP contribution in [0.15, 0.2) is 24.3 Å². The third-order valence-electron chi connectivity index (χ3n) is 3.71. The predicted octanol–water partition coefficient (Wildman–Crippen LogP) is 2.64. The van der Waals surface area contributed by atoms with Crippen LogP contribution < -0.4 is 5.32 Å². The Balaban J connectivity index is 1.92. The van der Waals surface area contributed by atoms with Crippen molar-refractivity contribution in [1.29, 1.82) is 0 Å². The molecule has 0 aromatic heterocycles. The van der Waals surface area contributed by atoms with Gasteiger partial charge in [0.25, 0.3) is 0 Å². The quantitative estimate of drug-likeness (QED) is 0.897. The Labute approximate surface area is 123 Å². The van der Waals surface area contributed by atoms with Crippen molar-refractivity contribution < 1.29 is 14.7 Å². The summed E-state index contributed by atoms with van der Waals surface area (Å²) in [4.78, 5) is 23.2. The maximum atomic E-state index is 12.0. The number of nitrogens with one attached hydrogen (secondary N) is 1. The number of benzene rings is 1. The van der Waals surface area contributed by atoms with Crippen LogP contribution in [-0.2, 0) is 16.0 Å². The van der Waals surface area contributed by atoms with Gasteiger partial charge in [0.1, 0.15) is 0 Å². The standard InChI is InChI=1S/C15H18ClNO3/c16-11-7-5-10(6-8-11)9-14(18)17-13-4-2-1-3-12(13)15(19)20/h5-8,12-13H,1-4,9H2,(H,17,18)(H,19,20). The van der Waals surface area contributed by atoms with Crippen molar-refractivity contribution in [2.75, 3.05) is 0 Å². The second-order valence-corrected chi connectivity index (χ2v) is 5.64. The van der Waals surface area contributed by atoms with Crippen molar-refractivity contribution in [3.63, 3.8) is 0 Å². The molecule has 5 heteroatoms. The summed E-state index contributed by atoms with van der Waals surface area (Å²) in [6, 6.07) is 6.84. The highest BCUT2D eigenvalue weighted by atomic mass is 35.5. The number of amides is 1. The van der Waals surface area contributed by atoms with Crippen molar-refractivity contribution >= 4 is 23.5 Å². The first-order valence-corrected chi connectivity index (χ1v) is 7.20. The lowest BCUT2D eigenvalue weighted by atomic mass is 9.84. The van der Waals surface area contributed by atoms with Gasteiger partial charge in [0.2, 0.25) is 5.91 Å². The van der Waals surface area contributed by atoms with E-state index < -0.39 is 11.9 Å². The largest absolute Gasteiger partial charge is 0.481 e. The van der Waals surface area contributed by atoms with Crippen LogP contribution in [0.1, 0.15) is 31.2 Å². The SMILES string of the molecule is O=C(Cc1ccc(Cl)cc1)NC1CCCCC1C(=O)O. The molecule has 0 heterocycles. The summed E-state index contributed by atoms with van der Waals surface area (Å²) in [5.74, 6) is -1.41. The Hall–Kier alpha value is -1.55. The molecule has 108 valence electrons. The topological polar surface area (TPSA) is 66.4 Å². The van der Waals surface area contributed by atoms with Crippen LogP contribution in [-0.4, -0.2) is 23.0 Å².